The number of carbonyl (C=O) groups excluding carboxylic acids is 1. The number of aromatic nitrogens is 1. The molecule has 1 aliphatic heterocycles. The zero-order chi connectivity index (χ0) is 19.1. The minimum absolute atomic E-state index is 0.0901. The van der Waals surface area contributed by atoms with Crippen molar-refractivity contribution in [2.24, 2.45) is 0 Å². The second kappa shape index (κ2) is 6.90. The van der Waals surface area contributed by atoms with Crippen LogP contribution in [0, 0.1) is 11.3 Å². The molecule has 1 aromatic heterocycles. The van der Waals surface area contributed by atoms with Gasteiger partial charge in [-0.25, -0.2) is 4.79 Å². The van der Waals surface area contributed by atoms with Crippen LogP contribution in [-0.4, -0.2) is 22.9 Å². The molecule has 0 radical (unpaired) electrons. The van der Waals surface area contributed by atoms with Gasteiger partial charge in [0.05, 0.1) is 21.6 Å². The van der Waals surface area contributed by atoms with Crippen LogP contribution in [0.2, 0.25) is 10.0 Å². The molecule has 2 aromatic rings. The number of benzene rings is 1. The Hall–Kier alpha value is -2.10. The summed E-state index contributed by atoms with van der Waals surface area (Å²) in [6.45, 7) is 6.04. The number of nitrogens with zero attached hydrogens (tertiary/aromatic N) is 2. The summed E-state index contributed by atoms with van der Waals surface area (Å²) in [5.41, 5.74) is 1.08. The van der Waals surface area contributed by atoms with E-state index in [0.717, 1.165) is 23.0 Å². The van der Waals surface area contributed by atoms with E-state index in [-0.39, 0.29) is 12.6 Å². The molecule has 1 atom stereocenters. The number of ether oxygens (including phenoxy) is 2. The average Bonchev–Trinajstić information content (AvgIpc) is 3.08. The maximum absolute atomic E-state index is 12.1. The molecule has 0 fully saturated rings. The Morgan fingerprint density at radius 1 is 1.42 bits per heavy atom. The summed E-state index contributed by atoms with van der Waals surface area (Å²) >= 11 is 12.6. The van der Waals surface area contributed by atoms with Gasteiger partial charge in [0.1, 0.15) is 17.4 Å². The van der Waals surface area contributed by atoms with Gasteiger partial charge in [0, 0.05) is 23.7 Å². The van der Waals surface area contributed by atoms with Crippen molar-refractivity contribution in [3.8, 4) is 11.8 Å². The molecule has 2 heterocycles. The molecule has 0 bridgehead atoms. The number of hydrogen-bond donors (Lipinski definition) is 1. The van der Waals surface area contributed by atoms with Gasteiger partial charge in [0.2, 0.25) is 0 Å². The van der Waals surface area contributed by atoms with E-state index in [1.54, 1.807) is 6.07 Å². The average molecular weight is 396 g/mol. The number of nitriles is 1. The van der Waals surface area contributed by atoms with Crippen LogP contribution < -0.4 is 10.1 Å². The lowest BCUT2D eigenvalue weighted by atomic mass is 10.1. The second-order valence-electron chi connectivity index (χ2n) is 7.09. The number of carbonyl (C=O) groups is 1. The molecule has 138 valence electrons. The first-order valence-corrected chi connectivity index (χ1v) is 8.97. The zero-order valence-electron chi connectivity index (χ0n) is 14.7. The Morgan fingerprint density at radius 2 is 2.15 bits per heavy atom. The van der Waals surface area contributed by atoms with Crippen molar-refractivity contribution in [3.63, 3.8) is 0 Å². The third-order valence-electron chi connectivity index (χ3n) is 4.05. The molecular formula is C18H19Cl2N3O3. The first-order chi connectivity index (χ1) is 12.2. The fourth-order valence-electron chi connectivity index (χ4n) is 3.12. The number of amides is 1. The molecular weight excluding hydrogens is 377 g/mol. The smallest absolute Gasteiger partial charge is 0.408 e. The van der Waals surface area contributed by atoms with Gasteiger partial charge in [-0.05, 0) is 33.3 Å². The Morgan fingerprint density at radius 3 is 2.81 bits per heavy atom. The van der Waals surface area contributed by atoms with E-state index in [0.29, 0.717) is 22.3 Å². The van der Waals surface area contributed by atoms with Crippen molar-refractivity contribution >= 4 is 40.2 Å². The summed E-state index contributed by atoms with van der Waals surface area (Å²) in [6, 6.07) is 5.27. The molecule has 1 aliphatic rings. The van der Waals surface area contributed by atoms with Gasteiger partial charge in [-0.1, -0.05) is 23.2 Å². The Kier molecular flexibility index (Phi) is 4.96. The quantitative estimate of drug-likeness (QED) is 0.807. The van der Waals surface area contributed by atoms with E-state index < -0.39 is 11.7 Å². The molecule has 0 aliphatic carbocycles. The minimum Gasteiger partial charge on any atom is -0.478 e. The van der Waals surface area contributed by atoms with E-state index in [9.17, 15) is 4.79 Å². The molecule has 0 unspecified atom stereocenters. The van der Waals surface area contributed by atoms with Gasteiger partial charge < -0.3 is 19.4 Å². The van der Waals surface area contributed by atoms with Crippen molar-refractivity contribution in [1.82, 2.24) is 9.88 Å². The van der Waals surface area contributed by atoms with E-state index in [1.165, 1.54) is 0 Å². The lowest BCUT2D eigenvalue weighted by Gasteiger charge is -2.21. The third kappa shape index (κ3) is 3.55. The summed E-state index contributed by atoms with van der Waals surface area (Å²) in [5, 5.41) is 13.2. The highest BCUT2D eigenvalue weighted by Gasteiger charge is 2.30. The van der Waals surface area contributed by atoms with Crippen molar-refractivity contribution in [2.75, 3.05) is 6.61 Å². The van der Waals surface area contributed by atoms with Crippen LogP contribution in [0.25, 0.3) is 10.9 Å². The molecule has 8 heteroatoms. The summed E-state index contributed by atoms with van der Waals surface area (Å²) in [7, 11) is 0. The van der Waals surface area contributed by atoms with Crippen LogP contribution in [-0.2, 0) is 11.3 Å². The van der Waals surface area contributed by atoms with Gasteiger partial charge in [0.25, 0.3) is 0 Å². The van der Waals surface area contributed by atoms with Gasteiger partial charge in [0.15, 0.2) is 6.61 Å². The number of hydrogen-bond acceptors (Lipinski definition) is 4. The summed E-state index contributed by atoms with van der Waals surface area (Å²) in [5.74, 6) is 0.494. The SMILES string of the molecule is CC(C)(C)OC(=O)N[C@H]1CCn2c1cc1c(OCC#N)cc(Cl)c(Cl)c12. The lowest BCUT2D eigenvalue weighted by molar-refractivity contribution is 0.0503. The molecule has 3 rings (SSSR count). The monoisotopic (exact) mass is 395 g/mol. The Bertz CT molecular complexity index is 909. The van der Waals surface area contributed by atoms with Crippen molar-refractivity contribution in [1.29, 1.82) is 5.26 Å². The molecule has 0 saturated heterocycles. The van der Waals surface area contributed by atoms with E-state index >= 15 is 0 Å². The molecule has 1 amide bonds. The molecule has 1 N–H and O–H groups in total. The van der Waals surface area contributed by atoms with Crippen LogP contribution in [0.3, 0.4) is 0 Å². The first-order valence-electron chi connectivity index (χ1n) is 8.21. The fourth-order valence-corrected chi connectivity index (χ4v) is 3.57. The largest absolute Gasteiger partial charge is 0.478 e. The maximum Gasteiger partial charge on any atom is 0.408 e. The normalized spacial score (nSPS) is 16.2. The first kappa shape index (κ1) is 18.7. The highest BCUT2D eigenvalue weighted by atomic mass is 35.5. The van der Waals surface area contributed by atoms with Crippen LogP contribution >= 0.6 is 23.2 Å². The predicted octanol–water partition coefficient (Wildman–Crippen LogP) is 4.82. The van der Waals surface area contributed by atoms with Crippen molar-refractivity contribution in [2.45, 2.75) is 45.4 Å². The summed E-state index contributed by atoms with van der Waals surface area (Å²) < 4.78 is 12.9. The molecule has 0 saturated carbocycles. The van der Waals surface area contributed by atoms with Crippen LogP contribution in [0.1, 0.15) is 38.9 Å². The van der Waals surface area contributed by atoms with Crippen molar-refractivity contribution in [3.05, 3.63) is 27.9 Å². The van der Waals surface area contributed by atoms with Gasteiger partial charge in [-0.15, -0.1) is 0 Å². The lowest BCUT2D eigenvalue weighted by Crippen LogP contribution is -2.34. The second-order valence-corrected chi connectivity index (χ2v) is 7.87. The van der Waals surface area contributed by atoms with E-state index in [4.69, 9.17) is 37.9 Å². The zero-order valence-corrected chi connectivity index (χ0v) is 16.2. The summed E-state index contributed by atoms with van der Waals surface area (Å²) in [6.07, 6.45) is 0.258. The summed E-state index contributed by atoms with van der Waals surface area (Å²) in [4.78, 5) is 12.1. The van der Waals surface area contributed by atoms with Crippen LogP contribution in [0.5, 0.6) is 5.75 Å². The topological polar surface area (TPSA) is 76.3 Å². The highest BCUT2D eigenvalue weighted by Crippen LogP contribution is 2.43. The van der Waals surface area contributed by atoms with Gasteiger partial charge in [-0.3, -0.25) is 0 Å². The highest BCUT2D eigenvalue weighted by molar-refractivity contribution is 6.45. The van der Waals surface area contributed by atoms with E-state index in [2.05, 4.69) is 5.32 Å². The molecule has 1 aromatic carbocycles. The molecule has 6 nitrogen and oxygen atoms in total. The van der Waals surface area contributed by atoms with Gasteiger partial charge in [-0.2, -0.15) is 5.26 Å². The Labute approximate surface area is 161 Å². The maximum atomic E-state index is 12.1. The molecule has 26 heavy (non-hydrogen) atoms. The minimum atomic E-state index is -0.565. The van der Waals surface area contributed by atoms with Crippen molar-refractivity contribution < 1.29 is 14.3 Å². The Balaban J connectivity index is 1.97. The number of halogens is 2. The van der Waals surface area contributed by atoms with Gasteiger partial charge >= 0.3 is 6.09 Å². The number of alkyl carbamates (subject to hydrolysis) is 1. The predicted molar refractivity (Wildman–Crippen MR) is 99.8 cm³/mol. The number of nitrogens with one attached hydrogen (secondary N) is 1. The fraction of sp³-hybridized carbons (Fsp3) is 0.444. The number of fused-ring (bicyclic) bond motifs is 3. The van der Waals surface area contributed by atoms with Crippen LogP contribution in [0.15, 0.2) is 12.1 Å². The molecule has 0 spiro atoms. The van der Waals surface area contributed by atoms with Crippen LogP contribution in [0.4, 0.5) is 4.79 Å². The number of aryl methyl sites for hydroxylation is 1. The third-order valence-corrected chi connectivity index (χ3v) is 4.83. The van der Waals surface area contributed by atoms with E-state index in [1.807, 2.05) is 37.5 Å². The number of rotatable bonds is 3. The standard InChI is InChI=1S/C18H19Cl2N3O3/c1-18(2,3)26-17(24)22-12-4-6-23-13(12)8-10-14(25-7-5-21)9-11(19)15(20)16(10)23/h8-9,12H,4,6-7H2,1-3H3,(H,22,24)/t12-/m0/s1.